The summed E-state index contributed by atoms with van der Waals surface area (Å²) in [4.78, 5) is 11.3. The van der Waals surface area contributed by atoms with Gasteiger partial charge in [-0.25, -0.2) is 9.98 Å². The molecule has 0 aliphatic carbocycles. The number of imidazole rings is 1. The van der Waals surface area contributed by atoms with Crippen molar-refractivity contribution in [2.24, 2.45) is 4.99 Å². The van der Waals surface area contributed by atoms with Gasteiger partial charge in [0.1, 0.15) is 0 Å². The molecule has 6 nitrogen and oxygen atoms in total. The fraction of sp³-hybridized carbons (Fsp3) is 0.524. The summed E-state index contributed by atoms with van der Waals surface area (Å²) in [6, 6.07) is 8.91. The molecule has 2 N–H and O–H groups in total. The summed E-state index contributed by atoms with van der Waals surface area (Å²) < 4.78 is 2.05. The quantitative estimate of drug-likeness (QED) is 0.335. The Balaban J connectivity index is 0.00000280. The lowest BCUT2D eigenvalue weighted by Gasteiger charge is -2.26. The average molecular weight is 496 g/mol. The van der Waals surface area contributed by atoms with Gasteiger partial charge in [0.15, 0.2) is 5.96 Å². The van der Waals surface area contributed by atoms with E-state index in [1.807, 2.05) is 12.5 Å². The molecule has 2 heterocycles. The lowest BCUT2D eigenvalue weighted by Crippen LogP contribution is -2.38. The van der Waals surface area contributed by atoms with Crippen molar-refractivity contribution in [3.8, 4) is 0 Å². The summed E-state index contributed by atoms with van der Waals surface area (Å²) in [7, 11) is 0. The van der Waals surface area contributed by atoms with Gasteiger partial charge < -0.3 is 15.2 Å². The van der Waals surface area contributed by atoms with E-state index in [1.165, 1.54) is 43.5 Å². The van der Waals surface area contributed by atoms with Crippen LogP contribution in [0.25, 0.3) is 0 Å². The highest BCUT2D eigenvalue weighted by Gasteiger charge is 2.10. The van der Waals surface area contributed by atoms with Crippen molar-refractivity contribution in [3.63, 3.8) is 0 Å². The third kappa shape index (κ3) is 7.79. The SMILES string of the molecule is CCNC(=NCc1ccc(CN2CCCCC2)cc1)NCCn1ccnc1.I. The Labute approximate surface area is 185 Å². The molecule has 0 radical (unpaired) electrons. The number of hydrogen-bond acceptors (Lipinski definition) is 3. The number of nitrogens with one attached hydrogen (secondary N) is 2. The maximum Gasteiger partial charge on any atom is 0.191 e. The van der Waals surface area contributed by atoms with Crippen LogP contribution in [0, 0.1) is 0 Å². The molecule has 1 saturated heterocycles. The molecular formula is C21H33IN6. The van der Waals surface area contributed by atoms with Gasteiger partial charge in [0.25, 0.3) is 0 Å². The fourth-order valence-corrected chi connectivity index (χ4v) is 3.36. The van der Waals surface area contributed by atoms with E-state index in [9.17, 15) is 0 Å². The zero-order chi connectivity index (χ0) is 18.7. The summed E-state index contributed by atoms with van der Waals surface area (Å²) in [6.07, 6.45) is 9.67. The third-order valence-electron chi connectivity index (χ3n) is 4.86. The minimum atomic E-state index is 0. The van der Waals surface area contributed by atoms with Gasteiger partial charge in [-0.2, -0.15) is 0 Å². The zero-order valence-corrected chi connectivity index (χ0v) is 19.1. The molecule has 1 aliphatic heterocycles. The van der Waals surface area contributed by atoms with E-state index >= 15 is 0 Å². The first-order chi connectivity index (χ1) is 13.3. The van der Waals surface area contributed by atoms with Crippen LogP contribution in [0.5, 0.6) is 0 Å². The summed E-state index contributed by atoms with van der Waals surface area (Å²) in [5.74, 6) is 0.856. The Hall–Kier alpha value is -1.61. The van der Waals surface area contributed by atoms with Crippen LogP contribution in [-0.2, 0) is 19.6 Å². The number of rotatable bonds is 8. The molecule has 1 aliphatic rings. The lowest BCUT2D eigenvalue weighted by molar-refractivity contribution is 0.221. The van der Waals surface area contributed by atoms with E-state index in [-0.39, 0.29) is 24.0 Å². The highest BCUT2D eigenvalue weighted by atomic mass is 127. The van der Waals surface area contributed by atoms with Gasteiger partial charge in [-0.05, 0) is 44.0 Å². The van der Waals surface area contributed by atoms with Crippen molar-refractivity contribution in [1.82, 2.24) is 25.1 Å². The molecule has 1 fully saturated rings. The first kappa shape index (κ1) is 22.7. The van der Waals surface area contributed by atoms with Crippen molar-refractivity contribution in [2.45, 2.75) is 45.8 Å². The maximum absolute atomic E-state index is 4.71. The summed E-state index contributed by atoms with van der Waals surface area (Å²) in [5.41, 5.74) is 2.64. The van der Waals surface area contributed by atoms with Crippen molar-refractivity contribution < 1.29 is 0 Å². The molecule has 0 saturated carbocycles. The minimum Gasteiger partial charge on any atom is -0.357 e. The van der Waals surface area contributed by atoms with Crippen LogP contribution < -0.4 is 10.6 Å². The van der Waals surface area contributed by atoms with Gasteiger partial charge in [0.05, 0.1) is 12.9 Å². The van der Waals surface area contributed by atoms with E-state index in [2.05, 4.69) is 56.3 Å². The Morgan fingerprint density at radius 1 is 1.07 bits per heavy atom. The first-order valence-corrected chi connectivity index (χ1v) is 10.1. The number of benzene rings is 1. The van der Waals surface area contributed by atoms with Gasteiger partial charge in [-0.1, -0.05) is 30.7 Å². The van der Waals surface area contributed by atoms with E-state index in [1.54, 1.807) is 6.20 Å². The van der Waals surface area contributed by atoms with Crippen LogP contribution >= 0.6 is 24.0 Å². The van der Waals surface area contributed by atoms with Crippen molar-refractivity contribution in [1.29, 1.82) is 0 Å². The Morgan fingerprint density at radius 2 is 1.82 bits per heavy atom. The molecule has 28 heavy (non-hydrogen) atoms. The van der Waals surface area contributed by atoms with Crippen LogP contribution in [0.15, 0.2) is 48.0 Å². The van der Waals surface area contributed by atoms with E-state index in [0.29, 0.717) is 6.54 Å². The third-order valence-corrected chi connectivity index (χ3v) is 4.86. The van der Waals surface area contributed by atoms with Crippen LogP contribution in [0.1, 0.15) is 37.3 Å². The molecule has 0 amide bonds. The van der Waals surface area contributed by atoms with Crippen LogP contribution in [-0.4, -0.2) is 46.6 Å². The highest BCUT2D eigenvalue weighted by molar-refractivity contribution is 14.0. The monoisotopic (exact) mass is 496 g/mol. The summed E-state index contributed by atoms with van der Waals surface area (Å²) >= 11 is 0. The molecule has 1 aromatic heterocycles. The lowest BCUT2D eigenvalue weighted by atomic mass is 10.1. The second-order valence-electron chi connectivity index (χ2n) is 7.08. The number of guanidine groups is 1. The molecule has 1 aromatic carbocycles. The molecule has 0 spiro atoms. The second kappa shape index (κ2) is 12.8. The Bertz CT molecular complexity index is 677. The van der Waals surface area contributed by atoms with Crippen molar-refractivity contribution in [2.75, 3.05) is 26.2 Å². The number of aromatic nitrogens is 2. The summed E-state index contributed by atoms with van der Waals surface area (Å²) in [5, 5.41) is 6.68. The number of aliphatic imine (C=N–C) groups is 1. The van der Waals surface area contributed by atoms with Crippen LogP contribution in [0.2, 0.25) is 0 Å². The molecule has 3 rings (SSSR count). The topological polar surface area (TPSA) is 57.5 Å². The normalized spacial score (nSPS) is 15.1. The predicted octanol–water partition coefficient (Wildman–Crippen LogP) is 3.24. The Kier molecular flexibility index (Phi) is 10.3. The Morgan fingerprint density at radius 3 is 2.50 bits per heavy atom. The van der Waals surface area contributed by atoms with Crippen molar-refractivity contribution in [3.05, 3.63) is 54.1 Å². The number of piperidine rings is 1. The van der Waals surface area contributed by atoms with E-state index in [0.717, 1.165) is 32.1 Å². The first-order valence-electron chi connectivity index (χ1n) is 10.1. The molecule has 0 atom stereocenters. The van der Waals surface area contributed by atoms with Crippen molar-refractivity contribution >= 4 is 29.9 Å². The summed E-state index contributed by atoms with van der Waals surface area (Å²) in [6.45, 7) is 8.86. The van der Waals surface area contributed by atoms with Crippen LogP contribution in [0.3, 0.4) is 0 Å². The minimum absolute atomic E-state index is 0. The van der Waals surface area contributed by atoms with Gasteiger partial charge in [0, 0.05) is 38.6 Å². The van der Waals surface area contributed by atoms with E-state index < -0.39 is 0 Å². The predicted molar refractivity (Wildman–Crippen MR) is 126 cm³/mol. The smallest absolute Gasteiger partial charge is 0.191 e. The number of likely N-dealkylation sites (tertiary alicyclic amines) is 1. The highest BCUT2D eigenvalue weighted by Crippen LogP contribution is 2.14. The fourth-order valence-electron chi connectivity index (χ4n) is 3.36. The van der Waals surface area contributed by atoms with Gasteiger partial charge in [-0.3, -0.25) is 4.90 Å². The largest absolute Gasteiger partial charge is 0.357 e. The van der Waals surface area contributed by atoms with E-state index in [4.69, 9.17) is 4.99 Å². The standard InChI is InChI=1S/C21H32N6.HI/c1-2-23-21(24-11-15-27-14-10-22-18-27)25-16-19-6-8-20(9-7-19)17-26-12-4-3-5-13-26;/h6-10,14,18H,2-5,11-13,15-17H2,1H3,(H2,23,24,25);1H. The van der Waals surface area contributed by atoms with Gasteiger partial charge >= 0.3 is 0 Å². The second-order valence-corrected chi connectivity index (χ2v) is 7.08. The molecule has 0 bridgehead atoms. The molecule has 0 unspecified atom stereocenters. The molecule has 7 heteroatoms. The van der Waals surface area contributed by atoms with Crippen LogP contribution in [0.4, 0.5) is 0 Å². The number of nitrogens with zero attached hydrogens (tertiary/aromatic N) is 4. The zero-order valence-electron chi connectivity index (χ0n) is 16.8. The molecule has 154 valence electrons. The number of hydrogen-bond donors (Lipinski definition) is 2. The molecular weight excluding hydrogens is 463 g/mol. The van der Waals surface area contributed by atoms with Gasteiger partial charge in [0.2, 0.25) is 0 Å². The maximum atomic E-state index is 4.71. The molecule has 2 aromatic rings. The van der Waals surface area contributed by atoms with Gasteiger partial charge in [-0.15, -0.1) is 24.0 Å². The number of halogens is 1. The average Bonchev–Trinajstić information content (AvgIpc) is 3.21.